The molecule has 0 aliphatic heterocycles. The minimum atomic E-state index is 0.812. The number of thioether (sulfide) groups is 1. The topological polar surface area (TPSA) is 3.24 Å². The van der Waals surface area contributed by atoms with Crippen molar-refractivity contribution in [1.29, 1.82) is 0 Å². The van der Waals surface area contributed by atoms with Gasteiger partial charge in [-0.15, -0.1) is 11.6 Å². The summed E-state index contributed by atoms with van der Waals surface area (Å²) in [6, 6.07) is 0.889. The van der Waals surface area contributed by atoms with Crippen LogP contribution in [0.1, 0.15) is 39.0 Å². The number of alkyl halides is 1. The predicted molar refractivity (Wildman–Crippen MR) is 72.2 cm³/mol. The maximum Gasteiger partial charge on any atom is 0.0235 e. The second kappa shape index (κ2) is 8.72. The minimum absolute atomic E-state index is 0.812. The minimum Gasteiger partial charge on any atom is -0.300 e. The van der Waals surface area contributed by atoms with Crippen LogP contribution < -0.4 is 0 Å². The highest BCUT2D eigenvalue weighted by Gasteiger charge is 2.23. The summed E-state index contributed by atoms with van der Waals surface area (Å²) >= 11 is 7.82. The highest BCUT2D eigenvalue weighted by Crippen LogP contribution is 2.25. The van der Waals surface area contributed by atoms with Crippen molar-refractivity contribution in [2.45, 2.75) is 45.1 Å². The van der Waals surface area contributed by atoms with E-state index in [9.17, 15) is 0 Å². The molecule has 0 bridgehead atoms. The van der Waals surface area contributed by atoms with Crippen LogP contribution in [-0.2, 0) is 0 Å². The van der Waals surface area contributed by atoms with Crippen molar-refractivity contribution in [3.8, 4) is 0 Å². The zero-order valence-corrected chi connectivity index (χ0v) is 11.5. The number of hydrogen-bond acceptors (Lipinski definition) is 2. The molecule has 0 saturated heterocycles. The van der Waals surface area contributed by atoms with Crippen molar-refractivity contribution in [3.63, 3.8) is 0 Å². The molecule has 0 heterocycles. The van der Waals surface area contributed by atoms with Crippen LogP contribution in [-0.4, -0.2) is 41.4 Å². The molecule has 15 heavy (non-hydrogen) atoms. The SMILES string of the molecule is CCSCCCN(CCCCl)C1CCC1. The molecule has 1 aliphatic rings. The molecule has 1 nitrogen and oxygen atoms in total. The highest BCUT2D eigenvalue weighted by molar-refractivity contribution is 7.99. The van der Waals surface area contributed by atoms with Crippen molar-refractivity contribution in [2.24, 2.45) is 0 Å². The molecule has 0 aromatic rings. The average Bonchev–Trinajstić information content (AvgIpc) is 2.17. The molecular weight excluding hydrogens is 226 g/mol. The van der Waals surface area contributed by atoms with Crippen LogP contribution >= 0.6 is 23.4 Å². The monoisotopic (exact) mass is 249 g/mol. The fourth-order valence-corrected chi connectivity index (χ4v) is 2.75. The van der Waals surface area contributed by atoms with Crippen LogP contribution in [0.2, 0.25) is 0 Å². The van der Waals surface area contributed by atoms with Gasteiger partial charge in [-0.1, -0.05) is 13.3 Å². The first-order valence-corrected chi connectivity index (χ1v) is 7.95. The maximum atomic E-state index is 5.76. The van der Waals surface area contributed by atoms with E-state index < -0.39 is 0 Å². The van der Waals surface area contributed by atoms with Crippen LogP contribution in [0, 0.1) is 0 Å². The van der Waals surface area contributed by atoms with Crippen LogP contribution in [0.4, 0.5) is 0 Å². The number of nitrogens with zero attached hydrogens (tertiary/aromatic N) is 1. The Morgan fingerprint density at radius 1 is 1.27 bits per heavy atom. The van der Waals surface area contributed by atoms with Gasteiger partial charge in [0.2, 0.25) is 0 Å². The third-order valence-electron chi connectivity index (χ3n) is 3.11. The first kappa shape index (κ1) is 13.7. The molecule has 0 aromatic carbocycles. The lowest BCUT2D eigenvalue weighted by molar-refractivity contribution is 0.128. The summed E-state index contributed by atoms with van der Waals surface area (Å²) in [6.45, 7) is 4.74. The van der Waals surface area contributed by atoms with E-state index in [1.807, 2.05) is 0 Å². The molecule has 1 saturated carbocycles. The summed E-state index contributed by atoms with van der Waals surface area (Å²) in [5, 5.41) is 0. The summed E-state index contributed by atoms with van der Waals surface area (Å²) in [5.74, 6) is 3.39. The molecule has 1 rings (SSSR count). The van der Waals surface area contributed by atoms with Gasteiger partial charge in [-0.05, 0) is 50.3 Å². The predicted octanol–water partition coefficient (Wildman–Crippen LogP) is 3.61. The molecule has 0 aromatic heterocycles. The summed E-state index contributed by atoms with van der Waals surface area (Å²) in [5.41, 5.74) is 0. The molecule has 0 atom stereocenters. The Morgan fingerprint density at radius 3 is 2.53 bits per heavy atom. The Labute approximate surface area is 104 Å². The van der Waals surface area contributed by atoms with Gasteiger partial charge in [0, 0.05) is 11.9 Å². The van der Waals surface area contributed by atoms with Gasteiger partial charge < -0.3 is 4.90 Å². The van der Waals surface area contributed by atoms with E-state index in [0.717, 1.165) is 18.3 Å². The van der Waals surface area contributed by atoms with Gasteiger partial charge >= 0.3 is 0 Å². The Hall–Kier alpha value is 0.600. The van der Waals surface area contributed by atoms with Gasteiger partial charge in [-0.25, -0.2) is 0 Å². The van der Waals surface area contributed by atoms with Crippen LogP contribution in [0.25, 0.3) is 0 Å². The van der Waals surface area contributed by atoms with Crippen molar-refractivity contribution in [3.05, 3.63) is 0 Å². The van der Waals surface area contributed by atoms with Gasteiger partial charge in [0.15, 0.2) is 0 Å². The van der Waals surface area contributed by atoms with Gasteiger partial charge in [0.1, 0.15) is 0 Å². The van der Waals surface area contributed by atoms with Crippen LogP contribution in [0.15, 0.2) is 0 Å². The molecule has 3 heteroatoms. The lowest BCUT2D eigenvalue weighted by Gasteiger charge is -2.37. The van der Waals surface area contributed by atoms with Gasteiger partial charge in [0.25, 0.3) is 0 Å². The number of rotatable bonds is 9. The van der Waals surface area contributed by atoms with Crippen molar-refractivity contribution in [2.75, 3.05) is 30.5 Å². The normalized spacial score (nSPS) is 17.0. The summed E-state index contributed by atoms with van der Waals surface area (Å²) in [7, 11) is 0. The first-order chi connectivity index (χ1) is 7.38. The zero-order valence-electron chi connectivity index (χ0n) is 9.88. The number of halogens is 1. The highest BCUT2D eigenvalue weighted by atomic mass is 35.5. The van der Waals surface area contributed by atoms with E-state index in [1.165, 1.54) is 50.3 Å². The molecule has 0 amide bonds. The van der Waals surface area contributed by atoms with Crippen LogP contribution in [0.5, 0.6) is 0 Å². The number of hydrogen-bond donors (Lipinski definition) is 0. The quantitative estimate of drug-likeness (QED) is 0.454. The molecule has 0 radical (unpaired) electrons. The van der Waals surface area contributed by atoms with Crippen molar-refractivity contribution in [1.82, 2.24) is 4.90 Å². The fraction of sp³-hybridized carbons (Fsp3) is 1.00. The fourth-order valence-electron chi connectivity index (χ4n) is 2.01. The smallest absolute Gasteiger partial charge is 0.0235 e. The molecule has 1 aliphatic carbocycles. The average molecular weight is 250 g/mol. The Bertz CT molecular complexity index is 151. The maximum absolute atomic E-state index is 5.76. The lowest BCUT2D eigenvalue weighted by atomic mass is 9.91. The van der Waals surface area contributed by atoms with E-state index >= 15 is 0 Å². The van der Waals surface area contributed by atoms with Gasteiger partial charge in [-0.2, -0.15) is 11.8 Å². The van der Waals surface area contributed by atoms with Gasteiger partial charge in [0.05, 0.1) is 0 Å². The van der Waals surface area contributed by atoms with E-state index in [1.54, 1.807) is 0 Å². The molecule has 0 N–H and O–H groups in total. The largest absolute Gasteiger partial charge is 0.300 e. The van der Waals surface area contributed by atoms with Crippen molar-refractivity contribution < 1.29 is 0 Å². The Morgan fingerprint density at radius 2 is 2.00 bits per heavy atom. The Kier molecular flexibility index (Phi) is 7.94. The second-order valence-corrected chi connectivity index (χ2v) is 5.99. The van der Waals surface area contributed by atoms with E-state index in [4.69, 9.17) is 11.6 Å². The molecule has 0 unspecified atom stereocenters. The standard InChI is InChI=1S/C12H24ClNS/c1-2-15-11-5-10-14(9-4-8-13)12-6-3-7-12/h12H,2-11H2,1H3. The molecule has 1 fully saturated rings. The van der Waals surface area contributed by atoms with Crippen molar-refractivity contribution >= 4 is 23.4 Å². The first-order valence-electron chi connectivity index (χ1n) is 6.26. The van der Waals surface area contributed by atoms with E-state index in [0.29, 0.717) is 0 Å². The third kappa shape index (κ3) is 5.46. The summed E-state index contributed by atoms with van der Waals surface area (Å²) in [4.78, 5) is 2.67. The molecule has 0 spiro atoms. The molecular formula is C12H24ClNS. The van der Waals surface area contributed by atoms with E-state index in [2.05, 4.69) is 23.6 Å². The van der Waals surface area contributed by atoms with Crippen LogP contribution in [0.3, 0.4) is 0 Å². The summed E-state index contributed by atoms with van der Waals surface area (Å²) < 4.78 is 0. The second-order valence-electron chi connectivity index (χ2n) is 4.21. The van der Waals surface area contributed by atoms with Gasteiger partial charge in [-0.3, -0.25) is 0 Å². The molecule has 90 valence electrons. The third-order valence-corrected chi connectivity index (χ3v) is 4.36. The lowest BCUT2D eigenvalue weighted by Crippen LogP contribution is -2.41. The zero-order chi connectivity index (χ0) is 10.9. The van der Waals surface area contributed by atoms with E-state index in [-0.39, 0.29) is 0 Å². The Balaban J connectivity index is 2.10. The summed E-state index contributed by atoms with van der Waals surface area (Å²) in [6.07, 6.45) is 6.77.